The van der Waals surface area contributed by atoms with Gasteiger partial charge in [0.25, 0.3) is 0 Å². The lowest BCUT2D eigenvalue weighted by Crippen LogP contribution is -2.39. The molecule has 1 N–H and O–H groups in total. The molecule has 0 saturated carbocycles. The molecule has 5 nitrogen and oxygen atoms in total. The molecule has 1 aliphatic rings. The van der Waals surface area contributed by atoms with E-state index in [0.29, 0.717) is 19.5 Å². The number of rotatable bonds is 6. The van der Waals surface area contributed by atoms with Crippen molar-refractivity contribution >= 4 is 11.9 Å². The van der Waals surface area contributed by atoms with Crippen LogP contribution in [0.15, 0.2) is 24.3 Å². The number of nitrogens with zero attached hydrogens (tertiary/aromatic N) is 1. The summed E-state index contributed by atoms with van der Waals surface area (Å²) < 4.78 is 5.65. The van der Waals surface area contributed by atoms with Crippen molar-refractivity contribution in [1.82, 2.24) is 4.90 Å². The van der Waals surface area contributed by atoms with Gasteiger partial charge in [0, 0.05) is 19.5 Å². The summed E-state index contributed by atoms with van der Waals surface area (Å²) in [5.41, 5.74) is 0.945. The Morgan fingerprint density at radius 1 is 1.30 bits per heavy atom. The number of likely N-dealkylation sites (tertiary alicyclic amines) is 1. The predicted molar refractivity (Wildman–Crippen MR) is 87.5 cm³/mol. The molecule has 1 aromatic rings. The highest BCUT2D eigenvalue weighted by Crippen LogP contribution is 2.22. The van der Waals surface area contributed by atoms with Crippen LogP contribution in [0.25, 0.3) is 0 Å². The smallest absolute Gasteiger partial charge is 0.303 e. The number of ether oxygens (including phenoxy) is 1. The molecule has 1 saturated heterocycles. The largest absolute Gasteiger partial charge is 0.491 e. The Hall–Kier alpha value is -2.04. The highest BCUT2D eigenvalue weighted by atomic mass is 16.5. The van der Waals surface area contributed by atoms with Crippen LogP contribution >= 0.6 is 0 Å². The van der Waals surface area contributed by atoms with Gasteiger partial charge < -0.3 is 14.7 Å². The summed E-state index contributed by atoms with van der Waals surface area (Å²) in [6.45, 7) is 5.25. The molecular formula is C18H25NO4. The van der Waals surface area contributed by atoms with E-state index in [1.54, 1.807) is 0 Å². The molecule has 0 atom stereocenters. The first-order chi connectivity index (χ1) is 10.9. The van der Waals surface area contributed by atoms with Gasteiger partial charge in [-0.3, -0.25) is 9.59 Å². The molecule has 0 bridgehead atoms. The van der Waals surface area contributed by atoms with E-state index in [1.165, 1.54) is 0 Å². The third kappa shape index (κ3) is 5.58. The van der Waals surface area contributed by atoms with Crippen LogP contribution in [-0.2, 0) is 16.0 Å². The number of carboxylic acid groups (broad SMARTS) is 1. The minimum Gasteiger partial charge on any atom is -0.491 e. The van der Waals surface area contributed by atoms with E-state index in [2.05, 4.69) is 0 Å². The number of carboxylic acids is 1. The van der Waals surface area contributed by atoms with Crippen LogP contribution < -0.4 is 4.74 Å². The second kappa shape index (κ2) is 7.99. The molecule has 0 spiro atoms. The lowest BCUT2D eigenvalue weighted by molar-refractivity contribution is -0.138. The van der Waals surface area contributed by atoms with Crippen LogP contribution in [0, 0.1) is 5.92 Å². The Morgan fingerprint density at radius 3 is 2.61 bits per heavy atom. The van der Waals surface area contributed by atoms with Crippen LogP contribution in [0.5, 0.6) is 5.75 Å². The van der Waals surface area contributed by atoms with Crippen LogP contribution in [0.1, 0.15) is 38.7 Å². The lowest BCUT2D eigenvalue weighted by Gasteiger charge is -2.31. The van der Waals surface area contributed by atoms with Gasteiger partial charge in [-0.15, -0.1) is 0 Å². The molecule has 2 rings (SSSR count). The average molecular weight is 319 g/mol. The molecule has 1 aromatic carbocycles. The second-order valence-corrected chi connectivity index (χ2v) is 6.41. The van der Waals surface area contributed by atoms with Crippen LogP contribution in [0.2, 0.25) is 0 Å². The van der Waals surface area contributed by atoms with E-state index in [0.717, 1.165) is 24.2 Å². The van der Waals surface area contributed by atoms with Crippen molar-refractivity contribution in [2.24, 2.45) is 5.92 Å². The van der Waals surface area contributed by atoms with E-state index in [9.17, 15) is 9.59 Å². The van der Waals surface area contributed by atoms with Gasteiger partial charge in [0.15, 0.2) is 0 Å². The molecular weight excluding hydrogens is 294 g/mol. The summed E-state index contributed by atoms with van der Waals surface area (Å²) in [6, 6.07) is 7.64. The fourth-order valence-corrected chi connectivity index (χ4v) is 2.92. The monoisotopic (exact) mass is 319 g/mol. The lowest BCUT2D eigenvalue weighted by atomic mass is 9.93. The quantitative estimate of drug-likeness (QED) is 0.875. The first kappa shape index (κ1) is 17.3. The second-order valence-electron chi connectivity index (χ2n) is 6.41. The SMILES string of the molecule is CC(C)Oc1cccc(CC(=O)N2CCC(CC(=O)O)CC2)c1. The zero-order valence-corrected chi connectivity index (χ0v) is 13.8. The van der Waals surface area contributed by atoms with Crippen molar-refractivity contribution in [3.8, 4) is 5.75 Å². The maximum Gasteiger partial charge on any atom is 0.303 e. The highest BCUT2D eigenvalue weighted by Gasteiger charge is 2.24. The number of amides is 1. The van der Waals surface area contributed by atoms with Gasteiger partial charge in [-0.05, 0) is 50.3 Å². The van der Waals surface area contributed by atoms with Crippen molar-refractivity contribution < 1.29 is 19.4 Å². The van der Waals surface area contributed by atoms with Gasteiger partial charge in [-0.25, -0.2) is 0 Å². The van der Waals surface area contributed by atoms with E-state index >= 15 is 0 Å². The number of benzene rings is 1. The summed E-state index contributed by atoms with van der Waals surface area (Å²) in [5.74, 6) is 0.321. The zero-order chi connectivity index (χ0) is 16.8. The zero-order valence-electron chi connectivity index (χ0n) is 13.8. The molecule has 0 unspecified atom stereocenters. The fourth-order valence-electron chi connectivity index (χ4n) is 2.92. The van der Waals surface area contributed by atoms with Crippen molar-refractivity contribution in [2.75, 3.05) is 13.1 Å². The highest BCUT2D eigenvalue weighted by molar-refractivity contribution is 5.79. The van der Waals surface area contributed by atoms with Crippen LogP contribution in [0.4, 0.5) is 0 Å². The summed E-state index contributed by atoms with van der Waals surface area (Å²) in [7, 11) is 0. The van der Waals surface area contributed by atoms with Crippen molar-refractivity contribution in [3.05, 3.63) is 29.8 Å². The number of hydrogen-bond donors (Lipinski definition) is 1. The molecule has 1 aliphatic heterocycles. The topological polar surface area (TPSA) is 66.8 Å². The molecule has 1 fully saturated rings. The minimum atomic E-state index is -0.753. The molecule has 23 heavy (non-hydrogen) atoms. The van der Waals surface area contributed by atoms with Gasteiger partial charge in [-0.2, -0.15) is 0 Å². The maximum atomic E-state index is 12.4. The minimum absolute atomic E-state index is 0.0977. The Balaban J connectivity index is 1.86. The van der Waals surface area contributed by atoms with Gasteiger partial charge in [0.1, 0.15) is 5.75 Å². The summed E-state index contributed by atoms with van der Waals surface area (Å²) in [4.78, 5) is 25.0. The van der Waals surface area contributed by atoms with Crippen molar-refractivity contribution in [3.63, 3.8) is 0 Å². The van der Waals surface area contributed by atoms with E-state index in [1.807, 2.05) is 43.0 Å². The number of carbonyl (C=O) groups excluding carboxylic acids is 1. The third-order valence-electron chi connectivity index (χ3n) is 4.06. The van der Waals surface area contributed by atoms with Crippen LogP contribution in [0.3, 0.4) is 0 Å². The predicted octanol–water partition coefficient (Wildman–Crippen LogP) is 2.73. The number of carbonyl (C=O) groups is 2. The van der Waals surface area contributed by atoms with E-state index < -0.39 is 5.97 Å². The van der Waals surface area contributed by atoms with Crippen molar-refractivity contribution in [2.45, 2.75) is 45.6 Å². The third-order valence-corrected chi connectivity index (χ3v) is 4.06. The first-order valence-corrected chi connectivity index (χ1v) is 8.19. The normalized spacial score (nSPS) is 15.7. The Morgan fingerprint density at radius 2 is 2.00 bits per heavy atom. The number of hydrogen-bond acceptors (Lipinski definition) is 3. The van der Waals surface area contributed by atoms with Gasteiger partial charge in [0.05, 0.1) is 12.5 Å². The standard InChI is InChI=1S/C18H25NO4/c1-13(2)23-16-5-3-4-15(10-16)11-17(20)19-8-6-14(7-9-19)12-18(21)22/h3-5,10,13-14H,6-9,11-12H2,1-2H3,(H,21,22). The Labute approximate surface area is 137 Å². The maximum absolute atomic E-state index is 12.4. The van der Waals surface area contributed by atoms with Gasteiger partial charge in [0.2, 0.25) is 5.91 Å². The fraction of sp³-hybridized carbons (Fsp3) is 0.556. The van der Waals surface area contributed by atoms with E-state index in [4.69, 9.17) is 9.84 Å². The van der Waals surface area contributed by atoms with Crippen molar-refractivity contribution in [1.29, 1.82) is 0 Å². The molecule has 1 amide bonds. The average Bonchev–Trinajstić information content (AvgIpc) is 2.47. The van der Waals surface area contributed by atoms with Gasteiger partial charge >= 0.3 is 5.97 Å². The summed E-state index contributed by atoms with van der Waals surface area (Å²) >= 11 is 0. The molecule has 0 aliphatic carbocycles. The summed E-state index contributed by atoms with van der Waals surface area (Å²) in [5, 5.41) is 8.83. The molecule has 0 radical (unpaired) electrons. The Kier molecular flexibility index (Phi) is 6.02. The molecule has 126 valence electrons. The summed E-state index contributed by atoms with van der Waals surface area (Å²) in [6.07, 6.45) is 2.22. The molecule has 1 heterocycles. The Bertz CT molecular complexity index is 548. The van der Waals surface area contributed by atoms with Gasteiger partial charge in [-0.1, -0.05) is 12.1 Å². The molecule has 5 heteroatoms. The van der Waals surface area contributed by atoms with Crippen LogP contribution in [-0.4, -0.2) is 41.1 Å². The molecule has 0 aromatic heterocycles. The number of piperidine rings is 1. The van der Waals surface area contributed by atoms with E-state index in [-0.39, 0.29) is 24.3 Å². The number of aliphatic carboxylic acids is 1. The first-order valence-electron chi connectivity index (χ1n) is 8.19.